The Morgan fingerprint density at radius 3 is 2.54 bits per heavy atom. The maximum absolute atomic E-state index is 13.0. The lowest BCUT2D eigenvalue weighted by molar-refractivity contribution is -0.120. The van der Waals surface area contributed by atoms with E-state index in [4.69, 9.17) is 16.3 Å². The highest BCUT2D eigenvalue weighted by atomic mass is 35.5. The topological polar surface area (TPSA) is 46.8 Å². The number of carbonyl (C=O) groups is 1. The number of hydrogen-bond acceptors (Lipinski definition) is 3. The molecule has 0 bridgehead atoms. The molecule has 0 unspecified atom stereocenters. The Labute approximate surface area is 167 Å². The van der Waals surface area contributed by atoms with Crippen molar-refractivity contribution in [3.05, 3.63) is 95.9 Å². The van der Waals surface area contributed by atoms with Crippen molar-refractivity contribution in [3.63, 3.8) is 0 Å². The number of hydrogen-bond donors (Lipinski definition) is 0. The Kier molecular flexibility index (Phi) is 5.26. The number of anilines is 1. The molecule has 1 amide bonds. The highest BCUT2D eigenvalue weighted by Crippen LogP contribution is 2.20. The van der Waals surface area contributed by atoms with Crippen LogP contribution in [0.5, 0.6) is 5.75 Å². The second kappa shape index (κ2) is 8.15. The maximum Gasteiger partial charge on any atom is 0.265 e. The lowest BCUT2D eigenvalue weighted by atomic mass is 10.2. The van der Waals surface area contributed by atoms with Gasteiger partial charge in [0.2, 0.25) is 0 Å². The Morgan fingerprint density at radius 2 is 1.75 bits per heavy atom. The third-order valence-electron chi connectivity index (χ3n) is 4.36. The van der Waals surface area contributed by atoms with Gasteiger partial charge in [-0.25, -0.2) is 4.98 Å². The summed E-state index contributed by atoms with van der Waals surface area (Å²) in [6.45, 7) is 0.311. The quantitative estimate of drug-likeness (QED) is 0.482. The fraction of sp³-hybridized carbons (Fsp3) is 0.0909. The number of aromatic nitrogens is 2. The van der Waals surface area contributed by atoms with Gasteiger partial charge in [-0.1, -0.05) is 35.9 Å². The van der Waals surface area contributed by atoms with Crippen LogP contribution in [0.1, 0.15) is 5.69 Å². The molecule has 4 rings (SSSR count). The minimum atomic E-state index is -0.146. The van der Waals surface area contributed by atoms with E-state index in [1.807, 2.05) is 59.1 Å². The predicted molar refractivity (Wildman–Crippen MR) is 110 cm³/mol. The summed E-state index contributed by atoms with van der Waals surface area (Å²) in [6.07, 6.45) is 3.73. The summed E-state index contributed by atoms with van der Waals surface area (Å²) in [5.41, 5.74) is 2.56. The molecule has 0 saturated carbocycles. The largest absolute Gasteiger partial charge is 0.484 e. The third kappa shape index (κ3) is 4.00. The van der Waals surface area contributed by atoms with E-state index in [9.17, 15) is 4.79 Å². The number of nitrogens with zero attached hydrogens (tertiary/aromatic N) is 3. The van der Waals surface area contributed by atoms with E-state index in [1.54, 1.807) is 35.4 Å². The zero-order chi connectivity index (χ0) is 19.3. The van der Waals surface area contributed by atoms with Crippen LogP contribution >= 0.6 is 11.6 Å². The Morgan fingerprint density at radius 1 is 1.00 bits per heavy atom. The molecule has 6 heteroatoms. The van der Waals surface area contributed by atoms with Gasteiger partial charge in [-0.2, -0.15) is 0 Å². The van der Waals surface area contributed by atoms with Gasteiger partial charge < -0.3 is 14.0 Å². The zero-order valence-corrected chi connectivity index (χ0v) is 15.8. The van der Waals surface area contributed by atoms with Crippen LogP contribution in [0.2, 0.25) is 5.02 Å². The molecule has 0 aliphatic heterocycles. The Bertz CT molecular complexity index is 1080. The van der Waals surface area contributed by atoms with E-state index in [-0.39, 0.29) is 12.5 Å². The SMILES string of the molecule is O=C(COc1ccc(Cl)cc1)N(Cc1cnc2ccccn12)c1ccccc1. The Hall–Kier alpha value is -3.31. The van der Waals surface area contributed by atoms with Crippen LogP contribution in [0.25, 0.3) is 5.65 Å². The van der Waals surface area contributed by atoms with Crippen LogP contribution in [0.4, 0.5) is 5.69 Å². The number of pyridine rings is 1. The molecule has 2 aromatic carbocycles. The van der Waals surface area contributed by atoms with E-state index >= 15 is 0 Å². The summed E-state index contributed by atoms with van der Waals surface area (Å²) in [6, 6.07) is 22.3. The summed E-state index contributed by atoms with van der Waals surface area (Å²) in [7, 11) is 0. The molecule has 140 valence electrons. The molecule has 0 radical (unpaired) electrons. The highest BCUT2D eigenvalue weighted by molar-refractivity contribution is 6.30. The third-order valence-corrected chi connectivity index (χ3v) is 4.61. The molecule has 0 atom stereocenters. The van der Waals surface area contributed by atoms with Gasteiger partial charge in [0, 0.05) is 16.9 Å². The molecule has 0 N–H and O–H groups in total. The first kappa shape index (κ1) is 18.1. The van der Waals surface area contributed by atoms with Gasteiger partial charge >= 0.3 is 0 Å². The van der Waals surface area contributed by atoms with Gasteiger partial charge in [0.05, 0.1) is 18.4 Å². The first-order valence-corrected chi connectivity index (χ1v) is 9.23. The number of halogens is 1. The van der Waals surface area contributed by atoms with Crippen molar-refractivity contribution < 1.29 is 9.53 Å². The van der Waals surface area contributed by atoms with Crippen molar-refractivity contribution in [2.75, 3.05) is 11.5 Å². The first-order chi connectivity index (χ1) is 13.7. The Balaban J connectivity index is 1.56. The number of carbonyl (C=O) groups excluding carboxylic acids is 1. The van der Waals surface area contributed by atoms with Gasteiger partial charge in [-0.15, -0.1) is 0 Å². The molecule has 0 aliphatic rings. The van der Waals surface area contributed by atoms with Crippen molar-refractivity contribution in [2.24, 2.45) is 0 Å². The molecular formula is C22H18ClN3O2. The number of rotatable bonds is 6. The average molecular weight is 392 g/mol. The second-order valence-electron chi connectivity index (χ2n) is 6.24. The molecule has 0 aliphatic carbocycles. The van der Waals surface area contributed by atoms with Crippen molar-refractivity contribution in [1.82, 2.24) is 9.38 Å². The van der Waals surface area contributed by atoms with Gasteiger partial charge in [0.15, 0.2) is 6.61 Å². The smallest absolute Gasteiger partial charge is 0.265 e. The molecule has 0 saturated heterocycles. The first-order valence-electron chi connectivity index (χ1n) is 8.85. The van der Waals surface area contributed by atoms with Crippen LogP contribution in [-0.4, -0.2) is 21.9 Å². The molecular weight excluding hydrogens is 374 g/mol. The zero-order valence-electron chi connectivity index (χ0n) is 15.0. The molecule has 28 heavy (non-hydrogen) atoms. The lowest BCUT2D eigenvalue weighted by Crippen LogP contribution is -2.34. The van der Waals surface area contributed by atoms with Gasteiger partial charge in [-0.05, 0) is 48.5 Å². The highest BCUT2D eigenvalue weighted by Gasteiger charge is 2.18. The average Bonchev–Trinajstić information content (AvgIpc) is 3.15. The van der Waals surface area contributed by atoms with Crippen LogP contribution in [-0.2, 0) is 11.3 Å². The number of para-hydroxylation sites is 1. The van der Waals surface area contributed by atoms with E-state index in [0.29, 0.717) is 17.3 Å². The van der Waals surface area contributed by atoms with Crippen molar-refractivity contribution >= 4 is 28.8 Å². The van der Waals surface area contributed by atoms with E-state index in [0.717, 1.165) is 17.0 Å². The van der Waals surface area contributed by atoms with Crippen LogP contribution in [0, 0.1) is 0 Å². The summed E-state index contributed by atoms with van der Waals surface area (Å²) in [5, 5.41) is 0.622. The van der Waals surface area contributed by atoms with Gasteiger partial charge in [0.1, 0.15) is 11.4 Å². The maximum atomic E-state index is 13.0. The van der Waals surface area contributed by atoms with Crippen molar-refractivity contribution in [3.8, 4) is 5.75 Å². The normalized spacial score (nSPS) is 10.8. The summed E-state index contributed by atoms with van der Waals surface area (Å²) in [5.74, 6) is 0.451. The molecule has 0 fully saturated rings. The summed E-state index contributed by atoms with van der Waals surface area (Å²) in [4.78, 5) is 19.1. The molecule has 4 aromatic rings. The fourth-order valence-electron chi connectivity index (χ4n) is 2.95. The molecule has 0 spiro atoms. The number of imidazole rings is 1. The summed E-state index contributed by atoms with van der Waals surface area (Å²) < 4.78 is 7.64. The number of ether oxygens (including phenoxy) is 1. The van der Waals surface area contributed by atoms with Crippen LogP contribution in [0.3, 0.4) is 0 Å². The van der Waals surface area contributed by atoms with E-state index in [1.165, 1.54) is 0 Å². The minimum absolute atomic E-state index is 0.0761. The van der Waals surface area contributed by atoms with Crippen LogP contribution < -0.4 is 9.64 Å². The van der Waals surface area contributed by atoms with Crippen molar-refractivity contribution in [1.29, 1.82) is 0 Å². The molecule has 2 aromatic heterocycles. The number of benzene rings is 2. The van der Waals surface area contributed by atoms with E-state index < -0.39 is 0 Å². The van der Waals surface area contributed by atoms with Crippen molar-refractivity contribution in [2.45, 2.75) is 6.54 Å². The standard InChI is InChI=1S/C22H18ClN3O2/c23-17-9-11-20(12-10-17)28-16-22(27)26(18-6-2-1-3-7-18)15-19-14-24-21-8-4-5-13-25(19)21/h1-14H,15-16H2. The monoisotopic (exact) mass is 391 g/mol. The van der Waals surface area contributed by atoms with Gasteiger partial charge in [-0.3, -0.25) is 4.79 Å². The number of amides is 1. The number of fused-ring (bicyclic) bond motifs is 1. The van der Waals surface area contributed by atoms with E-state index in [2.05, 4.69) is 4.98 Å². The summed E-state index contributed by atoms with van der Waals surface area (Å²) >= 11 is 5.89. The van der Waals surface area contributed by atoms with Crippen LogP contribution in [0.15, 0.2) is 85.2 Å². The molecule has 5 nitrogen and oxygen atoms in total. The minimum Gasteiger partial charge on any atom is -0.484 e. The fourth-order valence-corrected chi connectivity index (χ4v) is 3.08. The second-order valence-corrected chi connectivity index (χ2v) is 6.67. The molecule has 2 heterocycles. The van der Waals surface area contributed by atoms with Gasteiger partial charge in [0.25, 0.3) is 5.91 Å². The lowest BCUT2D eigenvalue weighted by Gasteiger charge is -2.23. The predicted octanol–water partition coefficient (Wildman–Crippen LogP) is 4.60.